The third-order valence-electron chi connectivity index (χ3n) is 2.25. The molecule has 0 spiro atoms. The van der Waals surface area contributed by atoms with Gasteiger partial charge in [-0.05, 0) is 15.9 Å². The maximum atomic E-state index is 11.8. The second-order valence-corrected chi connectivity index (χ2v) is 3.85. The number of anilines is 2. The number of hydrogen-bond donors (Lipinski definition) is 2. The van der Waals surface area contributed by atoms with Gasteiger partial charge >= 0.3 is 0 Å². The summed E-state index contributed by atoms with van der Waals surface area (Å²) in [5.41, 5.74) is 0.873. The van der Waals surface area contributed by atoms with Crippen molar-refractivity contribution in [3.63, 3.8) is 0 Å². The molecule has 0 radical (unpaired) electrons. The van der Waals surface area contributed by atoms with Crippen molar-refractivity contribution >= 4 is 23.5 Å². The number of aromatic nitrogens is 2. The Morgan fingerprint density at radius 2 is 1.74 bits per heavy atom. The molecule has 2 N–H and O–H groups in total. The molecule has 2 rings (SSSR count). The molecule has 0 fully saturated rings. The molecule has 0 saturated carbocycles. The smallest absolute Gasteiger partial charge is 0.230 e. The Labute approximate surface area is 109 Å². The molecule has 0 aliphatic carbocycles. The average molecular weight is 260 g/mol. The molecule has 19 heavy (non-hydrogen) atoms. The minimum absolute atomic E-state index is 0.0916. The van der Waals surface area contributed by atoms with Crippen LogP contribution in [0.4, 0.5) is 11.6 Å². The zero-order valence-corrected chi connectivity index (χ0v) is 10.2. The number of rotatable bonds is 4. The molecule has 1 aromatic carbocycles. The van der Waals surface area contributed by atoms with Crippen molar-refractivity contribution in [1.29, 1.82) is 0 Å². The van der Waals surface area contributed by atoms with Crippen LogP contribution in [0.3, 0.4) is 0 Å². The molecule has 2 aromatic rings. The molecule has 0 saturated heterocycles. The molecule has 2 amide bonds. The summed E-state index contributed by atoms with van der Waals surface area (Å²) in [5.74, 6) is -0.409. The largest absolute Gasteiger partial charge is 0.305 e. The first-order valence-corrected chi connectivity index (χ1v) is 5.59. The molecule has 0 unspecified atom stereocenters. The third-order valence-corrected chi connectivity index (χ3v) is 2.25. The predicted octanol–water partition coefficient (Wildman–Crippen LogP) is 1.21. The van der Waals surface area contributed by atoms with Crippen LogP contribution in [0.25, 0.3) is 0 Å². The molecule has 7 nitrogen and oxygen atoms in total. The van der Waals surface area contributed by atoms with Crippen LogP contribution < -0.4 is 10.6 Å². The quantitative estimate of drug-likeness (QED) is 0.861. The number of benzene rings is 1. The first-order chi connectivity index (χ1) is 9.15. The van der Waals surface area contributed by atoms with Crippen molar-refractivity contribution in [2.45, 2.75) is 13.3 Å². The summed E-state index contributed by atoms with van der Waals surface area (Å²) in [4.78, 5) is 22.7. The van der Waals surface area contributed by atoms with Crippen LogP contribution in [-0.2, 0) is 16.0 Å². The van der Waals surface area contributed by atoms with E-state index in [0.717, 1.165) is 5.56 Å². The van der Waals surface area contributed by atoms with Gasteiger partial charge < -0.3 is 10.6 Å². The zero-order valence-electron chi connectivity index (χ0n) is 10.2. The van der Waals surface area contributed by atoms with E-state index >= 15 is 0 Å². The van der Waals surface area contributed by atoms with Gasteiger partial charge in [-0.15, -0.1) is 0 Å². The Morgan fingerprint density at radius 3 is 2.37 bits per heavy atom. The normalized spacial score (nSPS) is 9.95. The van der Waals surface area contributed by atoms with E-state index in [9.17, 15) is 9.59 Å². The van der Waals surface area contributed by atoms with Gasteiger partial charge in [0.1, 0.15) is 0 Å². The highest BCUT2D eigenvalue weighted by molar-refractivity contribution is 5.96. The topological polar surface area (TPSA) is 97.1 Å². The zero-order chi connectivity index (χ0) is 13.7. The lowest BCUT2D eigenvalue weighted by Crippen LogP contribution is -2.16. The minimum Gasteiger partial charge on any atom is -0.305 e. The fraction of sp³-hybridized carbons (Fsp3) is 0.167. The highest BCUT2D eigenvalue weighted by Crippen LogP contribution is 2.15. The first-order valence-electron chi connectivity index (χ1n) is 5.59. The van der Waals surface area contributed by atoms with Gasteiger partial charge in [-0.25, -0.2) is 4.63 Å². The Kier molecular flexibility index (Phi) is 3.87. The summed E-state index contributed by atoms with van der Waals surface area (Å²) in [6.45, 7) is 1.32. The molecular weight excluding hydrogens is 248 g/mol. The number of amides is 2. The van der Waals surface area contributed by atoms with Crippen molar-refractivity contribution in [3.05, 3.63) is 35.9 Å². The van der Waals surface area contributed by atoms with E-state index in [-0.39, 0.29) is 29.9 Å². The van der Waals surface area contributed by atoms with Gasteiger partial charge in [-0.1, -0.05) is 30.3 Å². The number of hydrogen-bond acceptors (Lipinski definition) is 5. The number of carbonyl (C=O) groups is 2. The minimum atomic E-state index is -0.325. The Morgan fingerprint density at radius 1 is 1.11 bits per heavy atom. The lowest BCUT2D eigenvalue weighted by atomic mass is 10.1. The summed E-state index contributed by atoms with van der Waals surface area (Å²) in [6.07, 6.45) is 0.202. The standard InChI is InChI=1S/C12H12N4O3/c1-8(17)13-11-12(16-19-15-11)14-10(18)7-9-5-3-2-4-6-9/h2-6H,7H2,1H3,(H,13,15,17)(H,14,16,18). The van der Waals surface area contributed by atoms with Crippen LogP contribution in [0.5, 0.6) is 0 Å². The molecule has 1 heterocycles. The van der Waals surface area contributed by atoms with Gasteiger partial charge in [-0.3, -0.25) is 9.59 Å². The lowest BCUT2D eigenvalue weighted by Gasteiger charge is -2.03. The van der Waals surface area contributed by atoms with E-state index in [1.807, 2.05) is 30.3 Å². The highest BCUT2D eigenvalue weighted by atomic mass is 16.6. The van der Waals surface area contributed by atoms with E-state index in [0.29, 0.717) is 0 Å². The van der Waals surface area contributed by atoms with Crippen molar-refractivity contribution in [3.8, 4) is 0 Å². The molecule has 0 bridgehead atoms. The predicted molar refractivity (Wildman–Crippen MR) is 67.4 cm³/mol. The van der Waals surface area contributed by atoms with Gasteiger partial charge in [0.05, 0.1) is 6.42 Å². The summed E-state index contributed by atoms with van der Waals surface area (Å²) in [6, 6.07) is 9.26. The maximum absolute atomic E-state index is 11.8. The molecule has 0 aliphatic rings. The van der Waals surface area contributed by atoms with Crippen molar-refractivity contribution in [2.24, 2.45) is 0 Å². The maximum Gasteiger partial charge on any atom is 0.230 e. The van der Waals surface area contributed by atoms with Crippen LogP contribution in [0.1, 0.15) is 12.5 Å². The SMILES string of the molecule is CC(=O)Nc1nonc1NC(=O)Cc1ccccc1. The highest BCUT2D eigenvalue weighted by Gasteiger charge is 2.14. The molecule has 98 valence electrons. The molecule has 0 atom stereocenters. The van der Waals surface area contributed by atoms with E-state index < -0.39 is 0 Å². The fourth-order valence-electron chi connectivity index (χ4n) is 1.48. The summed E-state index contributed by atoms with van der Waals surface area (Å²) in [7, 11) is 0. The third kappa shape index (κ3) is 3.63. The van der Waals surface area contributed by atoms with Gasteiger partial charge in [0.15, 0.2) is 0 Å². The summed E-state index contributed by atoms with van der Waals surface area (Å²) in [5, 5.41) is 11.9. The van der Waals surface area contributed by atoms with E-state index in [1.165, 1.54) is 6.92 Å². The number of carbonyl (C=O) groups excluding carboxylic acids is 2. The van der Waals surface area contributed by atoms with Crippen molar-refractivity contribution < 1.29 is 14.2 Å². The monoisotopic (exact) mass is 260 g/mol. The Hall–Kier alpha value is -2.70. The van der Waals surface area contributed by atoms with Crippen LogP contribution in [0.2, 0.25) is 0 Å². The van der Waals surface area contributed by atoms with Crippen LogP contribution >= 0.6 is 0 Å². The second-order valence-electron chi connectivity index (χ2n) is 3.85. The van der Waals surface area contributed by atoms with Gasteiger partial charge in [0, 0.05) is 6.92 Å². The average Bonchev–Trinajstić information content (AvgIpc) is 2.77. The van der Waals surface area contributed by atoms with Crippen molar-refractivity contribution in [1.82, 2.24) is 10.3 Å². The van der Waals surface area contributed by atoms with E-state index in [1.54, 1.807) is 0 Å². The molecule has 7 heteroatoms. The fourth-order valence-corrected chi connectivity index (χ4v) is 1.48. The Bertz CT molecular complexity index is 580. The first kappa shape index (κ1) is 12.7. The number of nitrogens with one attached hydrogen (secondary N) is 2. The lowest BCUT2D eigenvalue weighted by molar-refractivity contribution is -0.116. The Balaban J connectivity index is 1.99. The van der Waals surface area contributed by atoms with Crippen molar-refractivity contribution in [2.75, 3.05) is 10.6 Å². The van der Waals surface area contributed by atoms with Gasteiger partial charge in [-0.2, -0.15) is 0 Å². The molecular formula is C12H12N4O3. The van der Waals surface area contributed by atoms with Crippen LogP contribution in [-0.4, -0.2) is 22.1 Å². The second kappa shape index (κ2) is 5.76. The van der Waals surface area contributed by atoms with Crippen LogP contribution in [0, 0.1) is 0 Å². The van der Waals surface area contributed by atoms with Gasteiger partial charge in [0.2, 0.25) is 23.5 Å². The number of nitrogens with zero attached hydrogens (tertiary/aromatic N) is 2. The summed E-state index contributed by atoms with van der Waals surface area (Å²) < 4.78 is 4.47. The van der Waals surface area contributed by atoms with Gasteiger partial charge in [0.25, 0.3) is 0 Å². The molecule has 1 aromatic heterocycles. The van der Waals surface area contributed by atoms with E-state index in [4.69, 9.17) is 0 Å². The molecule has 0 aliphatic heterocycles. The van der Waals surface area contributed by atoms with Crippen LogP contribution in [0.15, 0.2) is 35.0 Å². The van der Waals surface area contributed by atoms with E-state index in [2.05, 4.69) is 25.6 Å². The summed E-state index contributed by atoms with van der Waals surface area (Å²) >= 11 is 0.